The number of hydrogen-bond acceptors (Lipinski definition) is 3. The summed E-state index contributed by atoms with van der Waals surface area (Å²) in [6.07, 6.45) is 1.00. The third-order valence-electron chi connectivity index (χ3n) is 3.71. The maximum atomic E-state index is 5.54. The molecule has 2 aromatic rings. The molecule has 0 fully saturated rings. The summed E-state index contributed by atoms with van der Waals surface area (Å²) in [5, 5.41) is 3.48. The second-order valence-corrected chi connectivity index (χ2v) is 6.11. The highest BCUT2D eigenvalue weighted by atomic mass is 79.9. The zero-order valence-electron chi connectivity index (χ0n) is 12.2. The summed E-state index contributed by atoms with van der Waals surface area (Å²) >= 11 is 3.50. The van der Waals surface area contributed by atoms with Gasteiger partial charge in [0.2, 0.25) is 0 Å². The van der Waals surface area contributed by atoms with Gasteiger partial charge in [-0.2, -0.15) is 0 Å². The number of halogens is 1. The second-order valence-electron chi connectivity index (χ2n) is 5.19. The molecule has 0 unspecified atom stereocenters. The Balaban J connectivity index is 1.79. The van der Waals surface area contributed by atoms with Crippen LogP contribution in [0.25, 0.3) is 0 Å². The molecule has 1 aliphatic heterocycles. The lowest BCUT2D eigenvalue weighted by molar-refractivity contribution is 0.357. The van der Waals surface area contributed by atoms with E-state index in [0.717, 1.165) is 46.8 Å². The van der Waals surface area contributed by atoms with Crippen LogP contribution in [0, 0.1) is 6.92 Å². The first kappa shape index (κ1) is 14.3. The lowest BCUT2D eigenvalue weighted by atomic mass is 10.1. The molecule has 0 saturated carbocycles. The van der Waals surface area contributed by atoms with E-state index in [1.165, 1.54) is 11.1 Å². The van der Waals surface area contributed by atoms with Gasteiger partial charge < -0.3 is 14.8 Å². The molecule has 3 rings (SSSR count). The van der Waals surface area contributed by atoms with Crippen molar-refractivity contribution >= 4 is 21.6 Å². The van der Waals surface area contributed by atoms with Crippen LogP contribution in [0.1, 0.15) is 16.7 Å². The van der Waals surface area contributed by atoms with E-state index in [4.69, 9.17) is 9.47 Å². The van der Waals surface area contributed by atoms with E-state index in [1.807, 2.05) is 6.07 Å². The van der Waals surface area contributed by atoms with Crippen molar-refractivity contribution in [3.8, 4) is 11.5 Å². The van der Waals surface area contributed by atoms with Gasteiger partial charge in [-0.3, -0.25) is 0 Å². The molecular weight excluding hydrogens is 330 g/mol. The van der Waals surface area contributed by atoms with Gasteiger partial charge in [0, 0.05) is 17.4 Å². The molecule has 1 aliphatic rings. The number of ether oxygens (including phenoxy) is 2. The highest BCUT2D eigenvalue weighted by Crippen LogP contribution is 2.33. The lowest BCUT2D eigenvalue weighted by Gasteiger charge is -2.15. The van der Waals surface area contributed by atoms with Gasteiger partial charge in [-0.1, -0.05) is 28.1 Å². The molecule has 0 atom stereocenters. The van der Waals surface area contributed by atoms with Crippen LogP contribution >= 0.6 is 15.9 Å². The monoisotopic (exact) mass is 347 g/mol. The average molecular weight is 348 g/mol. The van der Waals surface area contributed by atoms with Gasteiger partial charge in [0.15, 0.2) is 0 Å². The van der Waals surface area contributed by atoms with E-state index < -0.39 is 0 Å². The SMILES string of the molecule is COc1cc(Br)cc(C)c1NCc1ccc2c(c1)CCO2. The van der Waals surface area contributed by atoms with Crippen LogP contribution in [0.15, 0.2) is 34.8 Å². The molecule has 2 aromatic carbocycles. The number of benzene rings is 2. The Morgan fingerprint density at radius 2 is 2.14 bits per heavy atom. The predicted molar refractivity (Wildman–Crippen MR) is 88.4 cm³/mol. The third-order valence-corrected chi connectivity index (χ3v) is 4.17. The van der Waals surface area contributed by atoms with Gasteiger partial charge in [0.25, 0.3) is 0 Å². The van der Waals surface area contributed by atoms with Crippen molar-refractivity contribution in [3.63, 3.8) is 0 Å². The van der Waals surface area contributed by atoms with Gasteiger partial charge in [-0.15, -0.1) is 0 Å². The van der Waals surface area contributed by atoms with Crippen LogP contribution < -0.4 is 14.8 Å². The summed E-state index contributed by atoms with van der Waals surface area (Å²) in [5.74, 6) is 1.88. The smallest absolute Gasteiger partial charge is 0.143 e. The standard InChI is InChI=1S/C17H18BrNO2/c1-11-7-14(18)9-16(20-2)17(11)19-10-12-3-4-15-13(8-12)5-6-21-15/h3-4,7-9,19H,5-6,10H2,1-2H3. The second kappa shape index (κ2) is 5.98. The van der Waals surface area contributed by atoms with Gasteiger partial charge in [0.05, 0.1) is 19.4 Å². The van der Waals surface area contributed by atoms with Crippen LogP contribution in [0.3, 0.4) is 0 Å². The number of anilines is 1. The highest BCUT2D eigenvalue weighted by Gasteiger charge is 2.13. The predicted octanol–water partition coefficient (Wildman–Crippen LogP) is 4.31. The molecule has 1 heterocycles. The zero-order chi connectivity index (χ0) is 14.8. The number of methoxy groups -OCH3 is 1. The summed E-state index contributed by atoms with van der Waals surface area (Å²) in [6, 6.07) is 10.5. The zero-order valence-corrected chi connectivity index (χ0v) is 13.8. The fourth-order valence-corrected chi connectivity index (χ4v) is 3.19. The van der Waals surface area contributed by atoms with Crippen LogP contribution in [0.5, 0.6) is 11.5 Å². The summed E-state index contributed by atoms with van der Waals surface area (Å²) in [4.78, 5) is 0. The topological polar surface area (TPSA) is 30.5 Å². The first-order chi connectivity index (χ1) is 10.2. The Kier molecular flexibility index (Phi) is 4.06. The van der Waals surface area contributed by atoms with E-state index >= 15 is 0 Å². The largest absolute Gasteiger partial charge is 0.495 e. The molecule has 0 radical (unpaired) electrons. The van der Waals surface area contributed by atoms with Crippen molar-refractivity contribution in [1.82, 2.24) is 0 Å². The Morgan fingerprint density at radius 3 is 2.95 bits per heavy atom. The van der Waals surface area contributed by atoms with E-state index in [1.54, 1.807) is 7.11 Å². The molecule has 0 amide bonds. The van der Waals surface area contributed by atoms with Crippen molar-refractivity contribution in [2.24, 2.45) is 0 Å². The fraction of sp³-hybridized carbons (Fsp3) is 0.294. The van der Waals surface area contributed by atoms with E-state index in [2.05, 4.69) is 52.4 Å². The quantitative estimate of drug-likeness (QED) is 0.893. The molecule has 4 heteroatoms. The first-order valence-corrected chi connectivity index (χ1v) is 7.79. The highest BCUT2D eigenvalue weighted by molar-refractivity contribution is 9.10. The number of rotatable bonds is 4. The van der Waals surface area contributed by atoms with Crippen molar-refractivity contribution < 1.29 is 9.47 Å². The Labute approximate surface area is 133 Å². The number of fused-ring (bicyclic) bond motifs is 1. The van der Waals surface area contributed by atoms with E-state index in [0.29, 0.717) is 0 Å². The summed E-state index contributed by atoms with van der Waals surface area (Å²) in [6.45, 7) is 3.64. The van der Waals surface area contributed by atoms with Crippen LogP contribution in [-0.4, -0.2) is 13.7 Å². The number of nitrogens with one attached hydrogen (secondary N) is 1. The lowest BCUT2D eigenvalue weighted by Crippen LogP contribution is -2.03. The molecule has 0 saturated heterocycles. The minimum Gasteiger partial charge on any atom is -0.495 e. The Bertz CT molecular complexity index is 670. The van der Waals surface area contributed by atoms with Crippen LogP contribution in [-0.2, 0) is 13.0 Å². The van der Waals surface area contributed by atoms with Crippen molar-refractivity contribution in [3.05, 3.63) is 51.5 Å². The minimum atomic E-state index is 0.770. The molecular formula is C17H18BrNO2. The molecule has 0 bridgehead atoms. The summed E-state index contributed by atoms with van der Waals surface area (Å²) in [7, 11) is 1.69. The maximum absolute atomic E-state index is 5.54. The summed E-state index contributed by atoms with van der Waals surface area (Å²) in [5.41, 5.74) is 4.75. The van der Waals surface area contributed by atoms with Crippen molar-refractivity contribution in [1.29, 1.82) is 0 Å². The van der Waals surface area contributed by atoms with Gasteiger partial charge in [-0.05, 0) is 41.8 Å². The van der Waals surface area contributed by atoms with E-state index in [-0.39, 0.29) is 0 Å². The minimum absolute atomic E-state index is 0.770. The molecule has 0 aromatic heterocycles. The third kappa shape index (κ3) is 3.00. The van der Waals surface area contributed by atoms with Crippen molar-refractivity contribution in [2.75, 3.05) is 19.0 Å². The normalized spacial score (nSPS) is 12.7. The average Bonchev–Trinajstić information content (AvgIpc) is 2.93. The number of aryl methyl sites for hydroxylation is 1. The first-order valence-electron chi connectivity index (χ1n) is 7.00. The van der Waals surface area contributed by atoms with Gasteiger partial charge >= 0.3 is 0 Å². The van der Waals surface area contributed by atoms with E-state index in [9.17, 15) is 0 Å². The van der Waals surface area contributed by atoms with Crippen LogP contribution in [0.2, 0.25) is 0 Å². The molecule has 110 valence electrons. The Morgan fingerprint density at radius 1 is 1.29 bits per heavy atom. The number of hydrogen-bond donors (Lipinski definition) is 1. The molecule has 21 heavy (non-hydrogen) atoms. The molecule has 3 nitrogen and oxygen atoms in total. The Hall–Kier alpha value is -1.68. The molecule has 0 aliphatic carbocycles. The molecule has 0 spiro atoms. The molecule has 1 N–H and O–H groups in total. The maximum Gasteiger partial charge on any atom is 0.143 e. The fourth-order valence-electron chi connectivity index (χ4n) is 2.64. The van der Waals surface area contributed by atoms with Gasteiger partial charge in [0.1, 0.15) is 11.5 Å². The summed E-state index contributed by atoms with van der Waals surface area (Å²) < 4.78 is 12.0. The van der Waals surface area contributed by atoms with Gasteiger partial charge in [-0.25, -0.2) is 0 Å². The van der Waals surface area contributed by atoms with Crippen molar-refractivity contribution in [2.45, 2.75) is 19.9 Å². The van der Waals surface area contributed by atoms with Crippen LogP contribution in [0.4, 0.5) is 5.69 Å².